The van der Waals surface area contributed by atoms with Crippen molar-refractivity contribution in [2.75, 3.05) is 19.5 Å². The number of anilines is 1. The van der Waals surface area contributed by atoms with Gasteiger partial charge in [0.05, 0.1) is 31.7 Å². The highest BCUT2D eigenvalue weighted by Gasteiger charge is 2.11. The van der Waals surface area contributed by atoms with E-state index in [0.29, 0.717) is 27.8 Å². The molecule has 0 unspecified atom stereocenters. The standard InChI is InChI=1S/C18H16ClN3O3/c1-24-16-7-14(8-17(9-16)25-2)21-18(23)12-10-20-22(11-12)15-5-3-13(19)4-6-15/h3-11H,1-2H3,(H,21,23). The normalized spacial score (nSPS) is 10.4. The topological polar surface area (TPSA) is 65.4 Å². The summed E-state index contributed by atoms with van der Waals surface area (Å²) in [6, 6.07) is 12.3. The van der Waals surface area contributed by atoms with Gasteiger partial charge in [0.25, 0.3) is 5.91 Å². The van der Waals surface area contributed by atoms with E-state index in [1.54, 1.807) is 55.4 Å². The van der Waals surface area contributed by atoms with E-state index in [1.807, 2.05) is 12.1 Å². The van der Waals surface area contributed by atoms with Crippen LogP contribution < -0.4 is 14.8 Å². The summed E-state index contributed by atoms with van der Waals surface area (Å²) in [4.78, 5) is 12.4. The second-order valence-corrected chi connectivity index (χ2v) is 5.64. The van der Waals surface area contributed by atoms with E-state index in [-0.39, 0.29) is 5.91 Å². The number of ether oxygens (including phenoxy) is 2. The fourth-order valence-corrected chi connectivity index (χ4v) is 2.38. The molecule has 0 atom stereocenters. The lowest BCUT2D eigenvalue weighted by Crippen LogP contribution is -2.11. The Labute approximate surface area is 149 Å². The van der Waals surface area contributed by atoms with Crippen LogP contribution in [0.1, 0.15) is 10.4 Å². The fraction of sp³-hybridized carbons (Fsp3) is 0.111. The van der Waals surface area contributed by atoms with Crippen LogP contribution in [0.4, 0.5) is 5.69 Å². The molecule has 3 rings (SSSR count). The number of nitrogens with one attached hydrogen (secondary N) is 1. The third-order valence-electron chi connectivity index (χ3n) is 3.55. The molecule has 1 N–H and O–H groups in total. The number of hydrogen-bond acceptors (Lipinski definition) is 4. The van der Waals surface area contributed by atoms with E-state index in [1.165, 1.54) is 6.20 Å². The van der Waals surface area contributed by atoms with Crippen molar-refractivity contribution < 1.29 is 14.3 Å². The van der Waals surface area contributed by atoms with Gasteiger partial charge in [0.15, 0.2) is 0 Å². The molecule has 0 bridgehead atoms. The van der Waals surface area contributed by atoms with E-state index in [2.05, 4.69) is 10.4 Å². The first-order valence-electron chi connectivity index (χ1n) is 7.44. The Hall–Kier alpha value is -2.99. The van der Waals surface area contributed by atoms with Crippen LogP contribution in [-0.4, -0.2) is 29.9 Å². The van der Waals surface area contributed by atoms with Gasteiger partial charge in [0.2, 0.25) is 0 Å². The maximum atomic E-state index is 12.4. The Bertz CT molecular complexity index is 869. The summed E-state index contributed by atoms with van der Waals surface area (Å²) in [5, 5.41) is 7.66. The van der Waals surface area contributed by atoms with E-state index in [4.69, 9.17) is 21.1 Å². The van der Waals surface area contributed by atoms with Gasteiger partial charge in [-0.3, -0.25) is 4.79 Å². The number of amides is 1. The lowest BCUT2D eigenvalue weighted by molar-refractivity contribution is 0.102. The molecule has 0 spiro atoms. The second-order valence-electron chi connectivity index (χ2n) is 5.21. The highest BCUT2D eigenvalue weighted by Crippen LogP contribution is 2.26. The van der Waals surface area contributed by atoms with Crippen molar-refractivity contribution >= 4 is 23.2 Å². The molecule has 1 heterocycles. The van der Waals surface area contributed by atoms with Crippen LogP contribution in [0.5, 0.6) is 11.5 Å². The average Bonchev–Trinajstić information content (AvgIpc) is 3.12. The number of nitrogens with zero attached hydrogens (tertiary/aromatic N) is 2. The van der Waals surface area contributed by atoms with Gasteiger partial charge < -0.3 is 14.8 Å². The summed E-state index contributed by atoms with van der Waals surface area (Å²) in [5.74, 6) is 0.897. The molecule has 0 fully saturated rings. The molecule has 25 heavy (non-hydrogen) atoms. The quantitative estimate of drug-likeness (QED) is 0.754. The highest BCUT2D eigenvalue weighted by molar-refractivity contribution is 6.30. The maximum Gasteiger partial charge on any atom is 0.258 e. The van der Waals surface area contributed by atoms with Crippen LogP contribution in [0.3, 0.4) is 0 Å². The molecule has 2 aromatic carbocycles. The summed E-state index contributed by atoms with van der Waals surface area (Å²) in [7, 11) is 3.10. The summed E-state index contributed by atoms with van der Waals surface area (Å²) in [6.07, 6.45) is 3.15. The Balaban J connectivity index is 1.79. The van der Waals surface area contributed by atoms with Crippen LogP contribution >= 0.6 is 11.6 Å². The van der Waals surface area contributed by atoms with Gasteiger partial charge in [-0.2, -0.15) is 5.10 Å². The number of carbonyl (C=O) groups is 1. The molecule has 0 aliphatic heterocycles. The van der Waals surface area contributed by atoms with Crippen molar-refractivity contribution in [1.29, 1.82) is 0 Å². The van der Waals surface area contributed by atoms with Gasteiger partial charge in [0, 0.05) is 35.1 Å². The first-order valence-corrected chi connectivity index (χ1v) is 7.82. The van der Waals surface area contributed by atoms with E-state index in [9.17, 15) is 4.79 Å². The van der Waals surface area contributed by atoms with Crippen LogP contribution in [0, 0.1) is 0 Å². The predicted molar refractivity (Wildman–Crippen MR) is 96.1 cm³/mol. The Kier molecular flexibility index (Phi) is 4.90. The highest BCUT2D eigenvalue weighted by atomic mass is 35.5. The van der Waals surface area contributed by atoms with Gasteiger partial charge in [-0.1, -0.05) is 11.6 Å². The zero-order chi connectivity index (χ0) is 17.8. The number of aromatic nitrogens is 2. The molecule has 1 aromatic heterocycles. The van der Waals surface area contributed by atoms with Crippen LogP contribution in [0.25, 0.3) is 5.69 Å². The monoisotopic (exact) mass is 357 g/mol. The van der Waals surface area contributed by atoms with Gasteiger partial charge >= 0.3 is 0 Å². The molecule has 0 aliphatic rings. The van der Waals surface area contributed by atoms with Gasteiger partial charge in [-0.15, -0.1) is 0 Å². The van der Waals surface area contributed by atoms with Crippen molar-refractivity contribution in [2.24, 2.45) is 0 Å². The fourth-order valence-electron chi connectivity index (χ4n) is 2.26. The number of methoxy groups -OCH3 is 2. The number of carbonyl (C=O) groups excluding carboxylic acids is 1. The van der Waals surface area contributed by atoms with Crippen molar-refractivity contribution in [3.05, 3.63) is 65.4 Å². The molecule has 0 aliphatic carbocycles. The molecule has 3 aromatic rings. The SMILES string of the molecule is COc1cc(NC(=O)c2cnn(-c3ccc(Cl)cc3)c2)cc(OC)c1. The third-order valence-corrected chi connectivity index (χ3v) is 3.80. The first-order chi connectivity index (χ1) is 12.1. The first kappa shape index (κ1) is 16.9. The van der Waals surface area contributed by atoms with Crippen molar-refractivity contribution in [3.63, 3.8) is 0 Å². The van der Waals surface area contributed by atoms with Crippen molar-refractivity contribution in [3.8, 4) is 17.2 Å². The van der Waals surface area contributed by atoms with E-state index < -0.39 is 0 Å². The smallest absolute Gasteiger partial charge is 0.258 e. The summed E-state index contributed by atoms with van der Waals surface area (Å²) in [6.45, 7) is 0. The second kappa shape index (κ2) is 7.27. The number of benzene rings is 2. The Morgan fingerprint density at radius 1 is 1.08 bits per heavy atom. The Morgan fingerprint density at radius 3 is 2.32 bits per heavy atom. The molecular formula is C18H16ClN3O3. The third kappa shape index (κ3) is 3.92. The molecule has 128 valence electrons. The minimum atomic E-state index is -0.282. The van der Waals surface area contributed by atoms with Gasteiger partial charge in [0.1, 0.15) is 11.5 Å². The molecular weight excluding hydrogens is 342 g/mol. The molecule has 1 amide bonds. The van der Waals surface area contributed by atoms with Crippen LogP contribution in [-0.2, 0) is 0 Å². The molecule has 0 radical (unpaired) electrons. The number of hydrogen-bond donors (Lipinski definition) is 1. The minimum absolute atomic E-state index is 0.282. The van der Waals surface area contributed by atoms with Gasteiger partial charge in [-0.05, 0) is 24.3 Å². The maximum absolute atomic E-state index is 12.4. The van der Waals surface area contributed by atoms with Crippen LogP contribution in [0.2, 0.25) is 5.02 Å². The number of rotatable bonds is 5. The average molecular weight is 358 g/mol. The molecule has 7 heteroatoms. The predicted octanol–water partition coefficient (Wildman–Crippen LogP) is 3.80. The molecule has 0 saturated heterocycles. The Morgan fingerprint density at radius 2 is 1.72 bits per heavy atom. The summed E-state index contributed by atoms with van der Waals surface area (Å²) in [5.41, 5.74) is 1.81. The molecule has 0 saturated carbocycles. The van der Waals surface area contributed by atoms with E-state index >= 15 is 0 Å². The minimum Gasteiger partial charge on any atom is -0.497 e. The zero-order valence-corrected chi connectivity index (χ0v) is 14.4. The van der Waals surface area contributed by atoms with Crippen molar-refractivity contribution in [2.45, 2.75) is 0 Å². The lowest BCUT2D eigenvalue weighted by atomic mass is 10.2. The van der Waals surface area contributed by atoms with Crippen molar-refractivity contribution in [1.82, 2.24) is 9.78 Å². The van der Waals surface area contributed by atoms with Crippen LogP contribution in [0.15, 0.2) is 54.9 Å². The largest absolute Gasteiger partial charge is 0.497 e. The molecule has 6 nitrogen and oxygen atoms in total. The number of halogens is 1. The summed E-state index contributed by atoms with van der Waals surface area (Å²) >= 11 is 5.88. The lowest BCUT2D eigenvalue weighted by Gasteiger charge is -2.09. The zero-order valence-electron chi connectivity index (χ0n) is 13.7. The van der Waals surface area contributed by atoms with E-state index in [0.717, 1.165) is 5.69 Å². The van der Waals surface area contributed by atoms with Gasteiger partial charge in [-0.25, -0.2) is 4.68 Å². The summed E-state index contributed by atoms with van der Waals surface area (Å²) < 4.78 is 12.0.